The molecular formula is C48H92N2O5. The molecule has 1 aliphatic heterocycles. The number of allylic oxidation sites excluding steroid dienone is 1. The number of hydrogen-bond donors (Lipinski definition) is 0. The summed E-state index contributed by atoms with van der Waals surface area (Å²) in [6.45, 7) is 15.9. The fourth-order valence-electron chi connectivity index (χ4n) is 7.77. The van der Waals surface area contributed by atoms with Crippen molar-refractivity contribution in [3.05, 3.63) is 11.3 Å². The smallest absolute Gasteiger partial charge is 0.307 e. The number of carbonyl (C=O) groups is 1. The van der Waals surface area contributed by atoms with E-state index >= 15 is 0 Å². The highest BCUT2D eigenvalue weighted by Crippen LogP contribution is 2.31. The third-order valence-electron chi connectivity index (χ3n) is 11.8. The van der Waals surface area contributed by atoms with Gasteiger partial charge in [0.2, 0.25) is 0 Å². The first-order chi connectivity index (χ1) is 27.2. The Morgan fingerprint density at radius 3 is 1.36 bits per heavy atom. The van der Waals surface area contributed by atoms with E-state index in [9.17, 15) is 4.79 Å². The van der Waals surface area contributed by atoms with Gasteiger partial charge in [0.15, 0.2) is 0 Å². The maximum Gasteiger partial charge on any atom is 0.307 e. The summed E-state index contributed by atoms with van der Waals surface area (Å²) in [7, 11) is 0. The lowest BCUT2D eigenvalue weighted by molar-refractivity contribution is -0.144. The molecule has 1 heterocycles. The number of ether oxygens (including phenoxy) is 4. The van der Waals surface area contributed by atoms with Gasteiger partial charge in [-0.05, 0) is 89.3 Å². The standard InChI is InChI=1S/C48H92N2O5/c1-3-5-7-9-15-23-40-52-42-25-17-11-13-19-27-44-54-47(46-30-29-31-46)32-36-50(39-38-49-34-21-22-35-49)37-33-48(51)55-45-28-20-14-12-18-26-43-53-41-24-16-10-8-6-4-2/h3-45H2,1-2H3. The third-order valence-corrected chi connectivity index (χ3v) is 11.8. The van der Waals surface area contributed by atoms with E-state index in [0.717, 1.165) is 84.9 Å². The number of rotatable bonds is 42. The van der Waals surface area contributed by atoms with Gasteiger partial charge in [0.05, 0.1) is 25.4 Å². The van der Waals surface area contributed by atoms with Gasteiger partial charge in [-0.2, -0.15) is 0 Å². The molecule has 0 atom stereocenters. The Labute approximate surface area is 341 Å². The fourth-order valence-corrected chi connectivity index (χ4v) is 7.77. The molecule has 1 saturated heterocycles. The Morgan fingerprint density at radius 2 is 0.909 bits per heavy atom. The number of esters is 1. The van der Waals surface area contributed by atoms with Crippen LogP contribution >= 0.6 is 0 Å². The second-order valence-electron chi connectivity index (χ2n) is 16.8. The molecule has 0 aromatic carbocycles. The molecule has 0 bridgehead atoms. The number of likely N-dealkylation sites (tertiary alicyclic amines) is 1. The second kappa shape index (κ2) is 38.4. The van der Waals surface area contributed by atoms with Crippen molar-refractivity contribution in [3.8, 4) is 0 Å². The van der Waals surface area contributed by atoms with E-state index in [0.29, 0.717) is 13.0 Å². The molecule has 0 aromatic heterocycles. The molecule has 1 aliphatic carbocycles. The van der Waals surface area contributed by atoms with E-state index < -0.39 is 0 Å². The lowest BCUT2D eigenvalue weighted by Gasteiger charge is -2.27. The van der Waals surface area contributed by atoms with Crippen LogP contribution in [0.2, 0.25) is 0 Å². The van der Waals surface area contributed by atoms with Gasteiger partial charge in [0, 0.05) is 59.0 Å². The molecule has 0 unspecified atom stereocenters. The quantitative estimate of drug-likeness (QED) is 0.0347. The number of nitrogens with zero attached hydrogens (tertiary/aromatic N) is 2. The number of hydrogen-bond acceptors (Lipinski definition) is 7. The Bertz CT molecular complexity index is 870. The zero-order valence-electron chi connectivity index (χ0n) is 36.8. The highest BCUT2D eigenvalue weighted by atomic mass is 16.5. The van der Waals surface area contributed by atoms with E-state index in [-0.39, 0.29) is 5.97 Å². The van der Waals surface area contributed by atoms with Crippen molar-refractivity contribution in [2.24, 2.45) is 0 Å². The Kier molecular flexibility index (Phi) is 34.9. The molecule has 2 aliphatic rings. The molecule has 324 valence electrons. The predicted octanol–water partition coefficient (Wildman–Crippen LogP) is 12.6. The van der Waals surface area contributed by atoms with Crippen molar-refractivity contribution in [2.45, 2.75) is 213 Å². The average Bonchev–Trinajstić information content (AvgIpc) is 3.70. The maximum atomic E-state index is 12.7. The Balaban J connectivity index is 1.52. The first-order valence-corrected chi connectivity index (χ1v) is 24.3. The van der Waals surface area contributed by atoms with E-state index in [4.69, 9.17) is 18.9 Å². The van der Waals surface area contributed by atoms with E-state index in [1.54, 1.807) is 0 Å². The zero-order valence-corrected chi connectivity index (χ0v) is 36.8. The van der Waals surface area contributed by atoms with Crippen molar-refractivity contribution >= 4 is 5.97 Å². The van der Waals surface area contributed by atoms with Crippen LogP contribution < -0.4 is 0 Å². The Hall–Kier alpha value is -1.15. The van der Waals surface area contributed by atoms with Crippen LogP contribution in [0.3, 0.4) is 0 Å². The van der Waals surface area contributed by atoms with E-state index in [2.05, 4.69) is 23.6 Å². The monoisotopic (exact) mass is 777 g/mol. The largest absolute Gasteiger partial charge is 0.498 e. The minimum absolute atomic E-state index is 0.0387. The lowest BCUT2D eigenvalue weighted by Crippen LogP contribution is -2.36. The summed E-state index contributed by atoms with van der Waals surface area (Å²) in [4.78, 5) is 17.8. The van der Waals surface area contributed by atoms with Crippen LogP contribution in [0, 0.1) is 0 Å². The first-order valence-electron chi connectivity index (χ1n) is 24.3. The van der Waals surface area contributed by atoms with Crippen LogP contribution in [0.1, 0.15) is 213 Å². The molecule has 0 amide bonds. The van der Waals surface area contributed by atoms with E-state index in [1.165, 1.54) is 191 Å². The van der Waals surface area contributed by atoms with Gasteiger partial charge < -0.3 is 28.7 Å². The van der Waals surface area contributed by atoms with Crippen LogP contribution in [0.4, 0.5) is 0 Å². The zero-order chi connectivity index (χ0) is 39.1. The average molecular weight is 777 g/mol. The van der Waals surface area contributed by atoms with Gasteiger partial charge in [-0.1, -0.05) is 129 Å². The van der Waals surface area contributed by atoms with Crippen molar-refractivity contribution in [3.63, 3.8) is 0 Å². The molecule has 55 heavy (non-hydrogen) atoms. The van der Waals surface area contributed by atoms with Gasteiger partial charge >= 0.3 is 5.97 Å². The summed E-state index contributed by atoms with van der Waals surface area (Å²) < 4.78 is 23.8. The van der Waals surface area contributed by atoms with Gasteiger partial charge in [-0.15, -0.1) is 0 Å². The van der Waals surface area contributed by atoms with Crippen LogP contribution in [-0.4, -0.2) is 94.7 Å². The molecule has 7 heteroatoms. The van der Waals surface area contributed by atoms with Crippen LogP contribution in [0.5, 0.6) is 0 Å². The molecule has 1 saturated carbocycles. The summed E-state index contributed by atoms with van der Waals surface area (Å²) in [5.41, 5.74) is 1.54. The van der Waals surface area contributed by atoms with Gasteiger partial charge in [-0.25, -0.2) is 0 Å². The van der Waals surface area contributed by atoms with E-state index in [1.807, 2.05) is 0 Å². The van der Waals surface area contributed by atoms with Crippen LogP contribution in [0.15, 0.2) is 11.3 Å². The summed E-state index contributed by atoms with van der Waals surface area (Å²) >= 11 is 0. The number of unbranched alkanes of at least 4 members (excludes halogenated alkanes) is 20. The Morgan fingerprint density at radius 1 is 0.491 bits per heavy atom. The molecule has 0 N–H and O–H groups in total. The summed E-state index contributed by atoms with van der Waals surface area (Å²) in [6, 6.07) is 0. The minimum Gasteiger partial charge on any atom is -0.498 e. The summed E-state index contributed by atoms with van der Waals surface area (Å²) in [5, 5.41) is 0. The molecule has 0 aromatic rings. The van der Waals surface area contributed by atoms with Crippen molar-refractivity contribution in [2.75, 3.05) is 78.9 Å². The molecule has 0 spiro atoms. The third kappa shape index (κ3) is 30.6. The topological polar surface area (TPSA) is 60.5 Å². The van der Waals surface area contributed by atoms with Crippen LogP contribution in [0.25, 0.3) is 0 Å². The highest BCUT2D eigenvalue weighted by molar-refractivity contribution is 5.69. The normalized spacial score (nSPS) is 14.6. The molecule has 2 rings (SSSR count). The molecular weight excluding hydrogens is 685 g/mol. The predicted molar refractivity (Wildman–Crippen MR) is 233 cm³/mol. The number of carbonyl (C=O) groups excluding carboxylic acids is 1. The van der Waals surface area contributed by atoms with Gasteiger partial charge in [-0.3, -0.25) is 4.79 Å². The van der Waals surface area contributed by atoms with Crippen molar-refractivity contribution in [1.82, 2.24) is 9.80 Å². The fraction of sp³-hybridized carbons (Fsp3) is 0.938. The van der Waals surface area contributed by atoms with Gasteiger partial charge in [0.1, 0.15) is 0 Å². The minimum atomic E-state index is -0.0387. The SMILES string of the molecule is CCCCCCCCOCCCCCCCCOC(=O)CCN(CCC(OCCCCCCCCOCCCCCCCC)=C1CCC1)CCN1CCCC1. The van der Waals surface area contributed by atoms with Gasteiger partial charge in [0.25, 0.3) is 0 Å². The maximum absolute atomic E-state index is 12.7. The summed E-state index contributed by atoms with van der Waals surface area (Å²) in [6.07, 6.45) is 38.2. The molecule has 7 nitrogen and oxygen atoms in total. The molecule has 2 fully saturated rings. The highest BCUT2D eigenvalue weighted by Gasteiger charge is 2.19. The second-order valence-corrected chi connectivity index (χ2v) is 16.8. The lowest BCUT2D eigenvalue weighted by atomic mass is 9.90. The van der Waals surface area contributed by atoms with Crippen molar-refractivity contribution in [1.29, 1.82) is 0 Å². The first kappa shape index (κ1) is 50.0. The summed E-state index contributed by atoms with van der Waals surface area (Å²) in [5.74, 6) is 1.21. The van der Waals surface area contributed by atoms with Crippen molar-refractivity contribution < 1.29 is 23.7 Å². The molecule has 0 radical (unpaired) electrons. The van der Waals surface area contributed by atoms with Crippen LogP contribution in [-0.2, 0) is 23.7 Å².